The first-order valence-electron chi connectivity index (χ1n) is 7.52. The third kappa shape index (κ3) is 4.07. The molecule has 1 aromatic carbocycles. The minimum absolute atomic E-state index is 0.149. The Labute approximate surface area is 139 Å². The summed E-state index contributed by atoms with van der Waals surface area (Å²) in [7, 11) is 1.50. The molecule has 2 rings (SSSR count). The van der Waals surface area contributed by atoms with Crippen LogP contribution in [0.25, 0.3) is 0 Å². The van der Waals surface area contributed by atoms with Crippen LogP contribution in [0.1, 0.15) is 39.8 Å². The van der Waals surface area contributed by atoms with Gasteiger partial charge in [-0.15, -0.1) is 0 Å². The van der Waals surface area contributed by atoms with Gasteiger partial charge in [0.05, 0.1) is 20.0 Å². The second kappa shape index (κ2) is 8.05. The van der Waals surface area contributed by atoms with E-state index in [1.807, 2.05) is 6.92 Å². The van der Waals surface area contributed by atoms with E-state index in [9.17, 15) is 9.59 Å². The van der Waals surface area contributed by atoms with Crippen molar-refractivity contribution >= 4 is 11.8 Å². The van der Waals surface area contributed by atoms with Crippen molar-refractivity contribution in [2.75, 3.05) is 13.7 Å². The summed E-state index contributed by atoms with van der Waals surface area (Å²) in [6, 6.07) is 6.45. The topological polar surface area (TPSA) is 89.8 Å². The number of ether oxygens (including phenoxy) is 2. The Kier molecular flexibility index (Phi) is 5.83. The van der Waals surface area contributed by atoms with E-state index in [0.717, 1.165) is 6.42 Å². The van der Waals surface area contributed by atoms with Gasteiger partial charge < -0.3 is 13.9 Å². The van der Waals surface area contributed by atoms with Gasteiger partial charge in [-0.25, -0.2) is 0 Å². The molecule has 7 nitrogen and oxygen atoms in total. The second-order valence-corrected chi connectivity index (χ2v) is 5.06. The number of hydrazine groups is 1. The summed E-state index contributed by atoms with van der Waals surface area (Å²) < 4.78 is 15.8. The predicted octanol–water partition coefficient (Wildman–Crippen LogP) is 2.46. The van der Waals surface area contributed by atoms with E-state index >= 15 is 0 Å². The maximum atomic E-state index is 12.1. The summed E-state index contributed by atoms with van der Waals surface area (Å²) >= 11 is 0. The van der Waals surface area contributed by atoms with Crippen molar-refractivity contribution in [3.63, 3.8) is 0 Å². The van der Waals surface area contributed by atoms with Gasteiger partial charge in [0.1, 0.15) is 0 Å². The van der Waals surface area contributed by atoms with Gasteiger partial charge in [0.15, 0.2) is 17.3 Å². The molecule has 0 fully saturated rings. The fourth-order valence-corrected chi connectivity index (χ4v) is 1.99. The molecule has 0 bridgehead atoms. The van der Waals surface area contributed by atoms with E-state index in [0.29, 0.717) is 29.2 Å². The second-order valence-electron chi connectivity index (χ2n) is 5.06. The zero-order valence-electron chi connectivity index (χ0n) is 13.8. The van der Waals surface area contributed by atoms with Crippen LogP contribution in [0.5, 0.6) is 11.5 Å². The molecule has 24 heavy (non-hydrogen) atoms. The molecule has 2 N–H and O–H groups in total. The number of nitrogens with one attached hydrogen (secondary N) is 2. The van der Waals surface area contributed by atoms with Crippen molar-refractivity contribution < 1.29 is 23.5 Å². The number of benzene rings is 1. The lowest BCUT2D eigenvalue weighted by Crippen LogP contribution is -2.41. The van der Waals surface area contributed by atoms with Crippen LogP contribution in [-0.2, 0) is 0 Å². The lowest BCUT2D eigenvalue weighted by molar-refractivity contribution is 0.0830. The molecule has 1 heterocycles. The van der Waals surface area contributed by atoms with E-state index in [1.165, 1.54) is 13.4 Å². The number of hydrogen-bond acceptors (Lipinski definition) is 5. The predicted molar refractivity (Wildman–Crippen MR) is 87.2 cm³/mol. The lowest BCUT2D eigenvalue weighted by Gasteiger charge is -2.12. The van der Waals surface area contributed by atoms with Crippen molar-refractivity contribution in [1.82, 2.24) is 10.9 Å². The molecule has 7 heteroatoms. The van der Waals surface area contributed by atoms with Crippen molar-refractivity contribution in [2.24, 2.45) is 0 Å². The summed E-state index contributed by atoms with van der Waals surface area (Å²) in [4.78, 5) is 24.0. The summed E-state index contributed by atoms with van der Waals surface area (Å²) in [6.45, 7) is 4.29. The van der Waals surface area contributed by atoms with Crippen molar-refractivity contribution in [3.05, 3.63) is 47.4 Å². The molecule has 0 unspecified atom stereocenters. The molecule has 0 aliphatic rings. The van der Waals surface area contributed by atoms with Crippen molar-refractivity contribution in [2.45, 2.75) is 20.3 Å². The molecule has 0 atom stereocenters. The first kappa shape index (κ1) is 17.4. The molecule has 2 amide bonds. The van der Waals surface area contributed by atoms with Crippen LogP contribution in [0.2, 0.25) is 0 Å². The molecule has 0 aliphatic heterocycles. The largest absolute Gasteiger partial charge is 0.493 e. The SMILES string of the molecule is CCCOc1ccc(C(=O)NNC(=O)c2occc2C)cc1OC. The van der Waals surface area contributed by atoms with E-state index in [1.54, 1.807) is 31.2 Å². The van der Waals surface area contributed by atoms with Crippen LogP contribution in [-0.4, -0.2) is 25.5 Å². The van der Waals surface area contributed by atoms with Gasteiger partial charge in [0, 0.05) is 11.1 Å². The Morgan fingerprint density at radius 3 is 2.50 bits per heavy atom. The number of rotatable bonds is 6. The van der Waals surface area contributed by atoms with E-state index in [4.69, 9.17) is 13.9 Å². The van der Waals surface area contributed by atoms with Crippen LogP contribution in [0.3, 0.4) is 0 Å². The van der Waals surface area contributed by atoms with E-state index in [-0.39, 0.29) is 5.76 Å². The number of carbonyl (C=O) groups is 2. The van der Waals surface area contributed by atoms with Gasteiger partial charge in [-0.05, 0) is 37.6 Å². The fourth-order valence-electron chi connectivity index (χ4n) is 1.99. The summed E-state index contributed by atoms with van der Waals surface area (Å²) in [6.07, 6.45) is 2.27. The molecule has 0 spiro atoms. The van der Waals surface area contributed by atoms with E-state index in [2.05, 4.69) is 10.9 Å². The Hall–Kier alpha value is -2.96. The normalized spacial score (nSPS) is 10.1. The standard InChI is InChI=1S/C17H20N2O5/c1-4-8-23-13-6-5-12(10-14(13)22-3)16(20)18-19-17(21)15-11(2)7-9-24-15/h5-7,9-10H,4,8H2,1-3H3,(H,18,20)(H,19,21). The van der Waals surface area contributed by atoms with Gasteiger partial charge in [-0.3, -0.25) is 20.4 Å². The third-order valence-electron chi connectivity index (χ3n) is 3.25. The summed E-state index contributed by atoms with van der Waals surface area (Å²) in [5.74, 6) is 0.153. The molecule has 0 aliphatic carbocycles. The number of carbonyl (C=O) groups excluding carboxylic acids is 2. The van der Waals surface area contributed by atoms with Gasteiger partial charge in [0.25, 0.3) is 5.91 Å². The van der Waals surface area contributed by atoms with Crippen LogP contribution in [0, 0.1) is 6.92 Å². The Balaban J connectivity index is 2.01. The summed E-state index contributed by atoms with van der Waals surface area (Å²) in [5, 5.41) is 0. The van der Waals surface area contributed by atoms with Gasteiger partial charge in [0.2, 0.25) is 0 Å². The molecule has 0 radical (unpaired) electrons. The first-order valence-corrected chi connectivity index (χ1v) is 7.52. The highest BCUT2D eigenvalue weighted by Gasteiger charge is 2.15. The highest BCUT2D eigenvalue weighted by molar-refractivity contribution is 5.98. The van der Waals surface area contributed by atoms with Crippen LogP contribution in [0.4, 0.5) is 0 Å². The molecular formula is C17H20N2O5. The van der Waals surface area contributed by atoms with Gasteiger partial charge >= 0.3 is 5.91 Å². The minimum atomic E-state index is -0.527. The first-order chi connectivity index (χ1) is 11.6. The molecular weight excluding hydrogens is 312 g/mol. The maximum absolute atomic E-state index is 12.1. The molecule has 0 saturated carbocycles. The zero-order chi connectivity index (χ0) is 17.5. The minimum Gasteiger partial charge on any atom is -0.493 e. The lowest BCUT2D eigenvalue weighted by atomic mass is 10.2. The molecule has 1 aromatic heterocycles. The number of aryl methyl sites for hydroxylation is 1. The van der Waals surface area contributed by atoms with Crippen LogP contribution >= 0.6 is 0 Å². The quantitative estimate of drug-likeness (QED) is 0.793. The van der Waals surface area contributed by atoms with Gasteiger partial charge in [-0.2, -0.15) is 0 Å². The number of hydrogen-bond donors (Lipinski definition) is 2. The number of furan rings is 1. The van der Waals surface area contributed by atoms with Crippen molar-refractivity contribution in [3.8, 4) is 11.5 Å². The monoisotopic (exact) mass is 332 g/mol. The third-order valence-corrected chi connectivity index (χ3v) is 3.25. The maximum Gasteiger partial charge on any atom is 0.305 e. The Morgan fingerprint density at radius 2 is 1.88 bits per heavy atom. The fraction of sp³-hybridized carbons (Fsp3) is 0.294. The van der Waals surface area contributed by atoms with Crippen LogP contribution in [0.15, 0.2) is 34.9 Å². The van der Waals surface area contributed by atoms with Crippen LogP contribution < -0.4 is 20.3 Å². The Bertz CT molecular complexity index is 724. The Morgan fingerprint density at radius 1 is 1.12 bits per heavy atom. The average molecular weight is 332 g/mol. The smallest absolute Gasteiger partial charge is 0.305 e. The molecule has 2 aromatic rings. The van der Waals surface area contributed by atoms with Crippen molar-refractivity contribution in [1.29, 1.82) is 0 Å². The van der Waals surface area contributed by atoms with Gasteiger partial charge in [-0.1, -0.05) is 6.92 Å². The molecule has 128 valence electrons. The zero-order valence-corrected chi connectivity index (χ0v) is 13.8. The average Bonchev–Trinajstić information content (AvgIpc) is 3.03. The molecule has 0 saturated heterocycles. The highest BCUT2D eigenvalue weighted by atomic mass is 16.5. The highest BCUT2D eigenvalue weighted by Crippen LogP contribution is 2.28. The number of methoxy groups -OCH3 is 1. The van der Waals surface area contributed by atoms with E-state index < -0.39 is 11.8 Å². The number of amides is 2. The summed E-state index contributed by atoms with van der Waals surface area (Å²) in [5.41, 5.74) is 5.65.